The third kappa shape index (κ3) is 3.88. The van der Waals surface area contributed by atoms with Crippen molar-refractivity contribution in [2.45, 2.75) is 50.9 Å². The summed E-state index contributed by atoms with van der Waals surface area (Å²) in [4.78, 5) is 29.9. The lowest BCUT2D eigenvalue weighted by Crippen LogP contribution is -2.43. The summed E-state index contributed by atoms with van der Waals surface area (Å²) in [5.41, 5.74) is -2.96. The first-order valence-electron chi connectivity index (χ1n) is 9.93. The second-order valence-corrected chi connectivity index (χ2v) is 8.19. The summed E-state index contributed by atoms with van der Waals surface area (Å²) in [5.74, 6) is -2.13. The SMILES string of the molecule is C[C@H]1Cc2nn(Cc3ccnc(C(F)(F)F)c3F)c(=O)n2[C@@H](C(=O)N2C[C@@H](F)[C@@H](F)C2)C1. The van der Waals surface area contributed by atoms with Crippen molar-refractivity contribution in [3.63, 3.8) is 0 Å². The Balaban J connectivity index is 1.67. The largest absolute Gasteiger partial charge is 0.436 e. The number of nitrogens with zero attached hydrogens (tertiary/aromatic N) is 5. The van der Waals surface area contributed by atoms with E-state index in [-0.39, 0.29) is 18.2 Å². The van der Waals surface area contributed by atoms with Gasteiger partial charge < -0.3 is 4.90 Å². The van der Waals surface area contributed by atoms with E-state index >= 15 is 0 Å². The van der Waals surface area contributed by atoms with Crippen LogP contribution in [-0.2, 0) is 23.9 Å². The third-order valence-electron chi connectivity index (χ3n) is 5.75. The summed E-state index contributed by atoms with van der Waals surface area (Å²) in [5, 5.41) is 4.10. The minimum Gasteiger partial charge on any atom is -0.335 e. The predicted molar refractivity (Wildman–Crippen MR) is 97.7 cm³/mol. The van der Waals surface area contributed by atoms with Crippen LogP contribution in [0.25, 0.3) is 0 Å². The molecule has 0 aliphatic carbocycles. The number of pyridine rings is 1. The van der Waals surface area contributed by atoms with Gasteiger partial charge in [-0.3, -0.25) is 9.36 Å². The van der Waals surface area contributed by atoms with Crippen LogP contribution in [0.15, 0.2) is 17.1 Å². The molecule has 0 N–H and O–H groups in total. The molecular weight excluding hydrogens is 444 g/mol. The summed E-state index contributed by atoms with van der Waals surface area (Å²) < 4.78 is 82.2. The molecule has 2 aromatic heterocycles. The Morgan fingerprint density at radius 1 is 1.22 bits per heavy atom. The molecule has 13 heteroatoms. The number of aromatic nitrogens is 4. The molecule has 1 fully saturated rings. The molecule has 32 heavy (non-hydrogen) atoms. The molecule has 0 saturated carbocycles. The lowest BCUT2D eigenvalue weighted by molar-refractivity contribution is -0.143. The van der Waals surface area contributed by atoms with Crippen LogP contribution in [0.1, 0.15) is 36.5 Å². The van der Waals surface area contributed by atoms with Crippen LogP contribution < -0.4 is 5.69 Å². The Morgan fingerprint density at radius 3 is 2.50 bits per heavy atom. The van der Waals surface area contributed by atoms with Gasteiger partial charge in [0.05, 0.1) is 19.6 Å². The van der Waals surface area contributed by atoms with Gasteiger partial charge in [-0.05, 0) is 18.4 Å². The van der Waals surface area contributed by atoms with E-state index in [0.29, 0.717) is 6.42 Å². The Labute approximate surface area is 177 Å². The molecular formula is C19H19F6N5O2. The highest BCUT2D eigenvalue weighted by atomic mass is 19.4. The number of hydrogen-bond acceptors (Lipinski definition) is 4. The van der Waals surface area contributed by atoms with Gasteiger partial charge >= 0.3 is 11.9 Å². The van der Waals surface area contributed by atoms with Crippen LogP contribution in [0.3, 0.4) is 0 Å². The number of fused-ring (bicyclic) bond motifs is 1. The molecule has 4 heterocycles. The average molecular weight is 463 g/mol. The molecule has 4 rings (SSSR count). The fourth-order valence-corrected chi connectivity index (χ4v) is 4.19. The van der Waals surface area contributed by atoms with Crippen LogP contribution in [-0.4, -0.2) is 55.6 Å². The number of likely N-dealkylation sites (tertiary alicyclic amines) is 1. The monoisotopic (exact) mass is 463 g/mol. The van der Waals surface area contributed by atoms with E-state index in [1.807, 2.05) is 6.92 Å². The smallest absolute Gasteiger partial charge is 0.335 e. The number of halogens is 6. The topological polar surface area (TPSA) is 73.0 Å². The Morgan fingerprint density at radius 2 is 1.88 bits per heavy atom. The minimum atomic E-state index is -5.01. The lowest BCUT2D eigenvalue weighted by atomic mass is 9.93. The van der Waals surface area contributed by atoms with Crippen LogP contribution in [0.4, 0.5) is 26.3 Å². The molecule has 0 bridgehead atoms. The molecule has 0 unspecified atom stereocenters. The molecule has 7 nitrogen and oxygen atoms in total. The number of amides is 1. The highest BCUT2D eigenvalue weighted by Crippen LogP contribution is 2.32. The van der Waals surface area contributed by atoms with Gasteiger partial charge in [0.25, 0.3) is 0 Å². The van der Waals surface area contributed by atoms with Crippen molar-refractivity contribution in [1.29, 1.82) is 0 Å². The van der Waals surface area contributed by atoms with Gasteiger partial charge in [-0.25, -0.2) is 27.6 Å². The van der Waals surface area contributed by atoms with E-state index in [4.69, 9.17) is 0 Å². The van der Waals surface area contributed by atoms with Crippen molar-refractivity contribution in [2.24, 2.45) is 5.92 Å². The molecule has 4 atom stereocenters. The van der Waals surface area contributed by atoms with Crippen molar-refractivity contribution in [2.75, 3.05) is 13.1 Å². The van der Waals surface area contributed by atoms with Crippen LogP contribution in [0, 0.1) is 11.7 Å². The van der Waals surface area contributed by atoms with Crippen molar-refractivity contribution in [3.8, 4) is 0 Å². The van der Waals surface area contributed by atoms with Gasteiger partial charge in [-0.2, -0.15) is 18.3 Å². The second kappa shape index (κ2) is 7.93. The number of rotatable bonds is 3. The maximum absolute atomic E-state index is 14.3. The van der Waals surface area contributed by atoms with E-state index in [1.165, 1.54) is 0 Å². The van der Waals surface area contributed by atoms with Gasteiger partial charge in [-0.15, -0.1) is 0 Å². The van der Waals surface area contributed by atoms with Gasteiger partial charge in [0, 0.05) is 18.2 Å². The fraction of sp³-hybridized carbons (Fsp3) is 0.579. The van der Waals surface area contributed by atoms with E-state index in [1.54, 1.807) is 0 Å². The zero-order valence-corrected chi connectivity index (χ0v) is 16.8. The van der Waals surface area contributed by atoms with Crippen molar-refractivity contribution >= 4 is 5.91 Å². The van der Waals surface area contributed by atoms with E-state index in [2.05, 4.69) is 10.1 Å². The maximum atomic E-state index is 14.3. The van der Waals surface area contributed by atoms with Crippen molar-refractivity contribution < 1.29 is 31.1 Å². The van der Waals surface area contributed by atoms with Gasteiger partial charge in [-0.1, -0.05) is 6.92 Å². The standard InChI is InChI=1S/C19H19F6N5O2/c1-9-4-13(17(31)28-7-11(20)12(21)8-28)30-14(5-9)27-29(18(30)32)6-10-2-3-26-16(15(10)22)19(23,24)25/h2-3,9,11-13H,4-8H2,1H3/t9-,11-,12+,13-/m1/s1. The highest BCUT2D eigenvalue weighted by molar-refractivity contribution is 5.81. The van der Waals surface area contributed by atoms with E-state index in [9.17, 15) is 35.9 Å². The van der Waals surface area contributed by atoms with Crippen molar-refractivity contribution in [3.05, 3.63) is 45.6 Å². The fourth-order valence-electron chi connectivity index (χ4n) is 4.19. The molecule has 0 aromatic carbocycles. The number of carbonyl (C=O) groups is 1. The molecule has 1 saturated heterocycles. The first kappa shape index (κ1) is 22.3. The van der Waals surface area contributed by atoms with Gasteiger partial charge in [0.15, 0.2) is 23.9 Å². The zero-order chi connectivity index (χ0) is 23.4. The van der Waals surface area contributed by atoms with Crippen LogP contribution in [0.2, 0.25) is 0 Å². The summed E-state index contributed by atoms with van der Waals surface area (Å²) in [6.07, 6.45) is -7.32. The summed E-state index contributed by atoms with van der Waals surface area (Å²) in [6.45, 7) is 0.358. The van der Waals surface area contributed by atoms with Crippen molar-refractivity contribution in [1.82, 2.24) is 24.2 Å². The predicted octanol–water partition coefficient (Wildman–Crippen LogP) is 2.29. The Kier molecular flexibility index (Phi) is 5.53. The number of alkyl halides is 5. The Hall–Kier alpha value is -2.86. The molecule has 174 valence electrons. The second-order valence-electron chi connectivity index (χ2n) is 8.19. The minimum absolute atomic E-state index is 0.0915. The van der Waals surface area contributed by atoms with Crippen LogP contribution in [0.5, 0.6) is 0 Å². The lowest BCUT2D eigenvalue weighted by Gasteiger charge is -2.29. The van der Waals surface area contributed by atoms with E-state index in [0.717, 1.165) is 26.4 Å². The van der Waals surface area contributed by atoms with Gasteiger partial charge in [0.2, 0.25) is 5.91 Å². The average Bonchev–Trinajstić information content (AvgIpc) is 3.20. The van der Waals surface area contributed by atoms with Crippen LogP contribution >= 0.6 is 0 Å². The molecule has 0 spiro atoms. The first-order valence-corrected chi connectivity index (χ1v) is 9.93. The highest BCUT2D eigenvalue weighted by Gasteiger charge is 2.42. The van der Waals surface area contributed by atoms with Gasteiger partial charge in [0.1, 0.15) is 11.9 Å². The first-order chi connectivity index (χ1) is 15.0. The molecule has 0 radical (unpaired) electrons. The summed E-state index contributed by atoms with van der Waals surface area (Å²) in [7, 11) is 0. The molecule has 2 aromatic rings. The maximum Gasteiger partial charge on any atom is 0.436 e. The number of carbonyl (C=O) groups excluding carboxylic acids is 1. The quantitative estimate of drug-likeness (QED) is 0.655. The number of hydrogen-bond donors (Lipinski definition) is 0. The normalized spacial score (nSPS) is 25.8. The molecule has 2 aliphatic heterocycles. The molecule has 1 amide bonds. The molecule has 2 aliphatic rings. The zero-order valence-electron chi connectivity index (χ0n) is 16.8. The summed E-state index contributed by atoms with van der Waals surface area (Å²) in [6, 6.07) is -0.0475. The summed E-state index contributed by atoms with van der Waals surface area (Å²) >= 11 is 0. The Bertz CT molecular complexity index is 1090. The third-order valence-corrected chi connectivity index (χ3v) is 5.75. The van der Waals surface area contributed by atoms with E-state index < -0.39 is 72.9 Å².